The molecule has 0 bridgehead atoms. The van der Waals surface area contributed by atoms with Gasteiger partial charge in [0.1, 0.15) is 19.0 Å². The fraction of sp³-hybridized carbons (Fsp3) is 0.438. The Kier molecular flexibility index (Phi) is 3.73. The number of nitrogen functional groups attached to an aromatic ring is 1. The molecule has 1 atom stereocenters. The average molecular weight is 288 g/mol. The number of nitrogens with zero attached hydrogens (tertiary/aromatic N) is 1. The Bertz CT molecular complexity index is 636. The average Bonchev–Trinajstić information content (AvgIpc) is 2.89. The van der Waals surface area contributed by atoms with E-state index in [4.69, 9.17) is 19.7 Å². The van der Waals surface area contributed by atoms with E-state index < -0.39 is 0 Å². The van der Waals surface area contributed by atoms with Crippen molar-refractivity contribution in [2.24, 2.45) is 0 Å². The van der Waals surface area contributed by atoms with Crippen LogP contribution in [0.2, 0.25) is 0 Å². The molecule has 0 radical (unpaired) electrons. The third-order valence-electron chi connectivity index (χ3n) is 3.75. The second-order valence-electron chi connectivity index (χ2n) is 5.36. The molecule has 1 aliphatic heterocycles. The van der Waals surface area contributed by atoms with E-state index in [-0.39, 0.29) is 5.92 Å². The van der Waals surface area contributed by atoms with Crippen LogP contribution in [0.4, 0.5) is 5.82 Å². The van der Waals surface area contributed by atoms with E-state index in [1.165, 1.54) is 0 Å². The normalized spacial score (nSPS) is 15.0. The Labute approximate surface area is 124 Å². The van der Waals surface area contributed by atoms with Crippen LogP contribution < -0.4 is 15.2 Å². The summed E-state index contributed by atoms with van der Waals surface area (Å²) >= 11 is 0. The summed E-state index contributed by atoms with van der Waals surface area (Å²) in [6.45, 7) is 5.43. The molecule has 5 heteroatoms. The Morgan fingerprint density at radius 1 is 1.24 bits per heavy atom. The van der Waals surface area contributed by atoms with Gasteiger partial charge in [-0.1, -0.05) is 31.5 Å². The Morgan fingerprint density at radius 2 is 2.00 bits per heavy atom. The van der Waals surface area contributed by atoms with Crippen molar-refractivity contribution in [3.63, 3.8) is 0 Å². The summed E-state index contributed by atoms with van der Waals surface area (Å²) in [7, 11) is 0. The Hall–Kier alpha value is -2.17. The Morgan fingerprint density at radius 3 is 2.76 bits per heavy atom. The molecule has 0 saturated heterocycles. The molecule has 0 spiro atoms. The van der Waals surface area contributed by atoms with Gasteiger partial charge in [-0.3, -0.25) is 0 Å². The summed E-state index contributed by atoms with van der Waals surface area (Å²) in [6.07, 6.45) is 2.12. The quantitative estimate of drug-likeness (QED) is 0.930. The van der Waals surface area contributed by atoms with Crippen LogP contribution in [0.25, 0.3) is 11.1 Å². The van der Waals surface area contributed by atoms with Crippen LogP contribution in [-0.2, 0) is 0 Å². The molecule has 0 saturated carbocycles. The minimum absolute atomic E-state index is 0.281. The molecule has 1 aliphatic rings. The molecule has 3 rings (SSSR count). The van der Waals surface area contributed by atoms with Gasteiger partial charge >= 0.3 is 0 Å². The lowest BCUT2D eigenvalue weighted by molar-refractivity contribution is 0.171. The lowest BCUT2D eigenvalue weighted by Gasteiger charge is -2.19. The first-order chi connectivity index (χ1) is 10.2. The topological polar surface area (TPSA) is 70.5 Å². The van der Waals surface area contributed by atoms with E-state index >= 15 is 0 Å². The first-order valence-electron chi connectivity index (χ1n) is 7.35. The molecule has 1 aromatic heterocycles. The molecule has 1 aromatic carbocycles. The lowest BCUT2D eigenvalue weighted by Crippen LogP contribution is -2.15. The number of aromatic nitrogens is 1. The summed E-state index contributed by atoms with van der Waals surface area (Å²) in [5.41, 5.74) is 7.83. The highest BCUT2D eigenvalue weighted by Crippen LogP contribution is 2.40. The van der Waals surface area contributed by atoms with Crippen molar-refractivity contribution < 1.29 is 14.0 Å². The third kappa shape index (κ3) is 2.55. The number of hydrogen-bond acceptors (Lipinski definition) is 5. The van der Waals surface area contributed by atoms with Crippen molar-refractivity contribution in [3.8, 4) is 22.6 Å². The highest BCUT2D eigenvalue weighted by Gasteiger charge is 2.22. The zero-order valence-electron chi connectivity index (χ0n) is 12.4. The van der Waals surface area contributed by atoms with Gasteiger partial charge in [-0.05, 0) is 24.1 Å². The monoisotopic (exact) mass is 288 g/mol. The number of rotatable bonds is 4. The van der Waals surface area contributed by atoms with E-state index in [0.29, 0.717) is 19.0 Å². The molecular formula is C16H20N2O3. The van der Waals surface area contributed by atoms with Crippen LogP contribution in [0.15, 0.2) is 22.7 Å². The predicted molar refractivity (Wildman–Crippen MR) is 80.7 cm³/mol. The number of nitrogens with two attached hydrogens (primary N) is 1. The van der Waals surface area contributed by atoms with Crippen LogP contribution >= 0.6 is 0 Å². The van der Waals surface area contributed by atoms with Gasteiger partial charge in [0.15, 0.2) is 17.3 Å². The maximum atomic E-state index is 6.01. The molecule has 0 aliphatic carbocycles. The molecular weight excluding hydrogens is 268 g/mol. The maximum Gasteiger partial charge on any atom is 0.175 e. The van der Waals surface area contributed by atoms with Crippen molar-refractivity contribution in [1.82, 2.24) is 5.16 Å². The van der Waals surface area contributed by atoms with Crippen molar-refractivity contribution in [2.45, 2.75) is 32.6 Å². The van der Waals surface area contributed by atoms with Crippen molar-refractivity contribution in [3.05, 3.63) is 24.0 Å². The van der Waals surface area contributed by atoms with Crippen LogP contribution in [0.3, 0.4) is 0 Å². The standard InChI is InChI=1S/C16H20N2O3/c1-3-4-10(2)15-14(16(17)18-21-15)11-5-6-12-13(9-11)20-8-7-19-12/h5-6,9-10H,3-4,7-8H2,1-2H3,(H2,17,18). The molecule has 21 heavy (non-hydrogen) atoms. The van der Waals surface area contributed by atoms with Gasteiger partial charge < -0.3 is 19.7 Å². The van der Waals surface area contributed by atoms with E-state index in [1.54, 1.807) is 0 Å². The van der Waals surface area contributed by atoms with E-state index in [1.807, 2.05) is 18.2 Å². The number of fused-ring (bicyclic) bond motifs is 1. The smallest absolute Gasteiger partial charge is 0.175 e. The first-order valence-corrected chi connectivity index (χ1v) is 7.35. The van der Waals surface area contributed by atoms with Gasteiger partial charge in [-0.15, -0.1) is 0 Å². The van der Waals surface area contributed by atoms with E-state index in [0.717, 1.165) is 41.2 Å². The van der Waals surface area contributed by atoms with Crippen LogP contribution in [-0.4, -0.2) is 18.4 Å². The third-order valence-corrected chi connectivity index (χ3v) is 3.75. The van der Waals surface area contributed by atoms with Crippen LogP contribution in [0.1, 0.15) is 38.4 Å². The predicted octanol–water partition coefficient (Wildman–Crippen LogP) is 3.60. The zero-order chi connectivity index (χ0) is 14.8. The van der Waals surface area contributed by atoms with E-state index in [9.17, 15) is 0 Å². The lowest BCUT2D eigenvalue weighted by atomic mass is 9.95. The van der Waals surface area contributed by atoms with Crippen LogP contribution in [0, 0.1) is 0 Å². The van der Waals surface area contributed by atoms with Gasteiger partial charge in [-0.2, -0.15) is 0 Å². The summed E-state index contributed by atoms with van der Waals surface area (Å²) < 4.78 is 16.6. The highest BCUT2D eigenvalue weighted by atomic mass is 16.6. The fourth-order valence-electron chi connectivity index (χ4n) is 2.71. The van der Waals surface area contributed by atoms with Gasteiger partial charge in [0.25, 0.3) is 0 Å². The maximum absolute atomic E-state index is 6.01. The number of ether oxygens (including phenoxy) is 2. The van der Waals surface area contributed by atoms with Gasteiger partial charge in [-0.25, -0.2) is 0 Å². The molecule has 1 unspecified atom stereocenters. The molecule has 2 aromatic rings. The number of hydrogen-bond donors (Lipinski definition) is 1. The minimum atomic E-state index is 0.281. The zero-order valence-corrected chi connectivity index (χ0v) is 12.4. The highest BCUT2D eigenvalue weighted by molar-refractivity contribution is 5.77. The van der Waals surface area contributed by atoms with Crippen molar-refractivity contribution in [1.29, 1.82) is 0 Å². The molecule has 2 N–H and O–H groups in total. The summed E-state index contributed by atoms with van der Waals surface area (Å²) in [6, 6.07) is 5.82. The molecule has 5 nitrogen and oxygen atoms in total. The van der Waals surface area contributed by atoms with Crippen LogP contribution in [0.5, 0.6) is 11.5 Å². The number of benzene rings is 1. The molecule has 0 amide bonds. The largest absolute Gasteiger partial charge is 0.486 e. The summed E-state index contributed by atoms with van der Waals surface area (Å²) in [5, 5.41) is 3.94. The molecule has 0 fully saturated rings. The van der Waals surface area contributed by atoms with Gasteiger partial charge in [0, 0.05) is 5.92 Å². The SMILES string of the molecule is CCCC(C)c1onc(N)c1-c1ccc2c(c1)OCCO2. The minimum Gasteiger partial charge on any atom is -0.486 e. The molecule has 112 valence electrons. The second kappa shape index (κ2) is 5.68. The second-order valence-corrected chi connectivity index (χ2v) is 5.36. The van der Waals surface area contributed by atoms with Crippen molar-refractivity contribution in [2.75, 3.05) is 18.9 Å². The molecule has 2 heterocycles. The van der Waals surface area contributed by atoms with E-state index in [2.05, 4.69) is 19.0 Å². The summed E-state index contributed by atoms with van der Waals surface area (Å²) in [5.74, 6) is 3.05. The van der Waals surface area contributed by atoms with Crippen molar-refractivity contribution >= 4 is 5.82 Å². The summed E-state index contributed by atoms with van der Waals surface area (Å²) in [4.78, 5) is 0. The first kappa shape index (κ1) is 13.8. The Balaban J connectivity index is 2.02. The number of anilines is 1. The van der Waals surface area contributed by atoms with Gasteiger partial charge in [0.2, 0.25) is 0 Å². The fourth-order valence-corrected chi connectivity index (χ4v) is 2.71. The van der Waals surface area contributed by atoms with Gasteiger partial charge in [0.05, 0.1) is 5.56 Å².